The smallest absolute Gasteiger partial charge is 0.248 e. The SMILES string of the molecule is CC(N)CCSCc1cc(C(N)=O)ccc1F. The van der Waals surface area contributed by atoms with Gasteiger partial charge in [-0.15, -0.1) is 0 Å². The Kier molecular flexibility index (Phi) is 5.44. The molecule has 17 heavy (non-hydrogen) atoms. The van der Waals surface area contributed by atoms with E-state index in [4.69, 9.17) is 11.5 Å². The van der Waals surface area contributed by atoms with E-state index in [1.807, 2.05) is 6.92 Å². The molecule has 0 aliphatic rings. The quantitative estimate of drug-likeness (QED) is 0.764. The lowest BCUT2D eigenvalue weighted by atomic mass is 10.1. The van der Waals surface area contributed by atoms with Crippen molar-refractivity contribution in [1.82, 2.24) is 0 Å². The maximum atomic E-state index is 13.4. The summed E-state index contributed by atoms with van der Waals surface area (Å²) < 4.78 is 13.4. The van der Waals surface area contributed by atoms with Crippen LogP contribution in [0.4, 0.5) is 4.39 Å². The second-order valence-corrected chi connectivity index (χ2v) is 5.09. The second-order valence-electron chi connectivity index (χ2n) is 3.99. The van der Waals surface area contributed by atoms with Gasteiger partial charge in [0.25, 0.3) is 0 Å². The highest BCUT2D eigenvalue weighted by Crippen LogP contribution is 2.18. The third-order valence-corrected chi connectivity index (χ3v) is 3.34. The van der Waals surface area contributed by atoms with Crippen LogP contribution in [0.2, 0.25) is 0 Å². The summed E-state index contributed by atoms with van der Waals surface area (Å²) in [4.78, 5) is 11.0. The summed E-state index contributed by atoms with van der Waals surface area (Å²) in [7, 11) is 0. The molecule has 3 nitrogen and oxygen atoms in total. The number of rotatable bonds is 6. The van der Waals surface area contributed by atoms with E-state index >= 15 is 0 Å². The van der Waals surface area contributed by atoms with Crippen LogP contribution in [0.3, 0.4) is 0 Å². The van der Waals surface area contributed by atoms with Gasteiger partial charge in [0.1, 0.15) is 5.82 Å². The van der Waals surface area contributed by atoms with Crippen molar-refractivity contribution in [2.75, 3.05) is 5.75 Å². The van der Waals surface area contributed by atoms with Crippen molar-refractivity contribution in [3.8, 4) is 0 Å². The van der Waals surface area contributed by atoms with Crippen LogP contribution in [0.25, 0.3) is 0 Å². The largest absolute Gasteiger partial charge is 0.366 e. The number of nitrogens with two attached hydrogens (primary N) is 2. The fourth-order valence-corrected chi connectivity index (χ4v) is 2.41. The zero-order chi connectivity index (χ0) is 12.8. The number of primary amides is 1. The summed E-state index contributed by atoms with van der Waals surface area (Å²) in [6.45, 7) is 1.94. The van der Waals surface area contributed by atoms with Gasteiger partial charge in [-0.1, -0.05) is 0 Å². The number of halogens is 1. The molecule has 1 unspecified atom stereocenters. The van der Waals surface area contributed by atoms with Crippen molar-refractivity contribution in [1.29, 1.82) is 0 Å². The van der Waals surface area contributed by atoms with E-state index in [-0.39, 0.29) is 11.9 Å². The molecular formula is C12H17FN2OS. The monoisotopic (exact) mass is 256 g/mol. The molecule has 0 radical (unpaired) electrons. The van der Waals surface area contributed by atoms with Gasteiger partial charge in [0.15, 0.2) is 0 Å². The summed E-state index contributed by atoms with van der Waals surface area (Å²) in [5.41, 5.74) is 11.6. The predicted octanol–water partition coefficient (Wildman–Crippen LogP) is 1.90. The minimum Gasteiger partial charge on any atom is -0.366 e. The standard InChI is InChI=1S/C12H17FN2OS/c1-8(14)4-5-17-7-10-6-9(12(15)16)2-3-11(10)13/h2-3,6,8H,4-5,7,14H2,1H3,(H2,15,16). The summed E-state index contributed by atoms with van der Waals surface area (Å²) in [6.07, 6.45) is 0.891. The maximum absolute atomic E-state index is 13.4. The third-order valence-electron chi connectivity index (χ3n) is 2.31. The van der Waals surface area contributed by atoms with Gasteiger partial charge in [-0.3, -0.25) is 4.79 Å². The molecule has 0 saturated heterocycles. The Morgan fingerprint density at radius 3 is 2.82 bits per heavy atom. The molecule has 1 aromatic carbocycles. The van der Waals surface area contributed by atoms with E-state index in [9.17, 15) is 9.18 Å². The van der Waals surface area contributed by atoms with E-state index in [0.717, 1.165) is 12.2 Å². The minimum absolute atomic E-state index is 0.157. The number of amides is 1. The number of carbonyl (C=O) groups is 1. The predicted molar refractivity (Wildman–Crippen MR) is 69.3 cm³/mol. The number of benzene rings is 1. The highest BCUT2D eigenvalue weighted by molar-refractivity contribution is 7.98. The van der Waals surface area contributed by atoms with Gasteiger partial charge in [-0.25, -0.2) is 4.39 Å². The molecular weight excluding hydrogens is 239 g/mol. The molecule has 0 aromatic heterocycles. The fourth-order valence-electron chi connectivity index (χ4n) is 1.29. The lowest BCUT2D eigenvalue weighted by Crippen LogP contribution is -2.15. The minimum atomic E-state index is -0.535. The Hall–Kier alpha value is -1.07. The zero-order valence-electron chi connectivity index (χ0n) is 9.78. The molecule has 0 heterocycles. The maximum Gasteiger partial charge on any atom is 0.248 e. The molecule has 0 bridgehead atoms. The van der Waals surface area contributed by atoms with Crippen molar-refractivity contribution in [2.45, 2.75) is 25.1 Å². The van der Waals surface area contributed by atoms with Crippen molar-refractivity contribution >= 4 is 17.7 Å². The van der Waals surface area contributed by atoms with E-state index in [1.54, 1.807) is 11.8 Å². The Balaban J connectivity index is 2.57. The van der Waals surface area contributed by atoms with Crippen molar-refractivity contribution < 1.29 is 9.18 Å². The van der Waals surface area contributed by atoms with Crippen LogP contribution in [-0.2, 0) is 5.75 Å². The molecule has 1 amide bonds. The van der Waals surface area contributed by atoms with E-state index in [0.29, 0.717) is 16.9 Å². The molecule has 1 rings (SSSR count). The molecule has 1 aromatic rings. The first-order chi connectivity index (χ1) is 8.00. The van der Waals surface area contributed by atoms with Gasteiger partial charge in [0.2, 0.25) is 5.91 Å². The second kappa shape index (κ2) is 6.61. The van der Waals surface area contributed by atoms with Crippen LogP contribution in [0.5, 0.6) is 0 Å². The summed E-state index contributed by atoms with van der Waals surface area (Å²) >= 11 is 1.60. The topological polar surface area (TPSA) is 69.1 Å². The molecule has 1 atom stereocenters. The number of carbonyl (C=O) groups excluding carboxylic acids is 1. The van der Waals surface area contributed by atoms with Crippen molar-refractivity contribution in [3.63, 3.8) is 0 Å². The fraction of sp³-hybridized carbons (Fsp3) is 0.417. The lowest BCUT2D eigenvalue weighted by molar-refractivity contribution is 0.1000. The van der Waals surface area contributed by atoms with Crippen molar-refractivity contribution in [2.24, 2.45) is 11.5 Å². The normalized spacial score (nSPS) is 12.4. The molecule has 0 spiro atoms. The molecule has 5 heteroatoms. The average molecular weight is 256 g/mol. The van der Waals surface area contributed by atoms with Gasteiger partial charge >= 0.3 is 0 Å². The lowest BCUT2D eigenvalue weighted by Gasteiger charge is -2.06. The van der Waals surface area contributed by atoms with Gasteiger partial charge in [-0.05, 0) is 42.9 Å². The van der Waals surface area contributed by atoms with Gasteiger partial charge < -0.3 is 11.5 Å². The highest BCUT2D eigenvalue weighted by Gasteiger charge is 2.07. The van der Waals surface area contributed by atoms with Crippen LogP contribution in [0, 0.1) is 5.82 Å². The summed E-state index contributed by atoms with van der Waals surface area (Å²) in [5.74, 6) is 0.563. The Labute approximate surface area is 105 Å². The molecule has 4 N–H and O–H groups in total. The Morgan fingerprint density at radius 2 is 2.24 bits per heavy atom. The van der Waals surface area contributed by atoms with Gasteiger partial charge in [0.05, 0.1) is 0 Å². The van der Waals surface area contributed by atoms with E-state index in [2.05, 4.69) is 0 Å². The van der Waals surface area contributed by atoms with Crippen LogP contribution in [0.15, 0.2) is 18.2 Å². The Morgan fingerprint density at radius 1 is 1.53 bits per heavy atom. The molecule has 94 valence electrons. The van der Waals surface area contributed by atoms with Crippen LogP contribution >= 0.6 is 11.8 Å². The average Bonchev–Trinajstić information content (AvgIpc) is 2.25. The highest BCUT2D eigenvalue weighted by atomic mass is 32.2. The first kappa shape index (κ1) is 14.0. The zero-order valence-corrected chi connectivity index (χ0v) is 10.6. The van der Waals surface area contributed by atoms with E-state index in [1.165, 1.54) is 18.2 Å². The Bertz CT molecular complexity index is 396. The van der Waals surface area contributed by atoms with Crippen LogP contribution in [0.1, 0.15) is 29.3 Å². The van der Waals surface area contributed by atoms with Crippen LogP contribution < -0.4 is 11.5 Å². The van der Waals surface area contributed by atoms with Crippen LogP contribution in [-0.4, -0.2) is 17.7 Å². The first-order valence-electron chi connectivity index (χ1n) is 5.42. The molecule has 0 aliphatic heterocycles. The number of hydrogen-bond donors (Lipinski definition) is 2. The third kappa shape index (κ3) is 4.75. The van der Waals surface area contributed by atoms with Gasteiger partial charge in [0, 0.05) is 17.4 Å². The first-order valence-corrected chi connectivity index (χ1v) is 6.57. The number of thioether (sulfide) groups is 1. The summed E-state index contributed by atoms with van der Waals surface area (Å²) in [5, 5.41) is 0. The van der Waals surface area contributed by atoms with E-state index < -0.39 is 5.91 Å². The van der Waals surface area contributed by atoms with Crippen molar-refractivity contribution in [3.05, 3.63) is 35.1 Å². The molecule has 0 fully saturated rings. The molecule has 0 saturated carbocycles. The number of hydrogen-bond acceptors (Lipinski definition) is 3. The summed E-state index contributed by atoms with van der Waals surface area (Å²) in [6, 6.07) is 4.34. The molecule has 0 aliphatic carbocycles. The van der Waals surface area contributed by atoms with Gasteiger partial charge in [-0.2, -0.15) is 11.8 Å².